The lowest BCUT2D eigenvalue weighted by atomic mass is 9.82. The summed E-state index contributed by atoms with van der Waals surface area (Å²) >= 11 is 0. The molecule has 2 heterocycles. The average Bonchev–Trinajstić information content (AvgIpc) is 3.67. The Morgan fingerprint density at radius 3 is 2.43 bits per heavy atom. The summed E-state index contributed by atoms with van der Waals surface area (Å²) in [5, 5.41) is 21.7. The second kappa shape index (κ2) is 12.0. The predicted octanol–water partition coefficient (Wildman–Crippen LogP) is 11.1. The maximum Gasteiger partial charge on any atom is 0.101 e. The summed E-state index contributed by atoms with van der Waals surface area (Å²) < 4.78 is 2.36. The minimum Gasteiger partial charge on any atom is -0.338 e. The first kappa shape index (κ1) is 29.8. The average molecular weight is 637 g/mol. The molecule has 0 radical (unpaired) electrons. The van der Waals surface area contributed by atoms with E-state index >= 15 is 0 Å². The van der Waals surface area contributed by atoms with E-state index in [9.17, 15) is 10.5 Å². The molecule has 5 aromatic rings. The molecule has 3 aliphatic carbocycles. The van der Waals surface area contributed by atoms with E-state index in [-0.39, 0.29) is 0 Å². The highest BCUT2D eigenvalue weighted by Crippen LogP contribution is 2.51. The van der Waals surface area contributed by atoms with Crippen LogP contribution in [-0.2, 0) is 12.8 Å². The van der Waals surface area contributed by atoms with Gasteiger partial charge in [-0.05, 0) is 121 Å². The largest absolute Gasteiger partial charge is 0.338 e. The lowest BCUT2D eigenvalue weighted by Crippen LogP contribution is -2.32. The van der Waals surface area contributed by atoms with Gasteiger partial charge in [0.2, 0.25) is 0 Å². The van der Waals surface area contributed by atoms with Gasteiger partial charge in [0.05, 0.1) is 28.4 Å². The molecular formula is C45H40N4. The van der Waals surface area contributed by atoms with Crippen molar-refractivity contribution in [3.05, 3.63) is 131 Å². The van der Waals surface area contributed by atoms with Crippen LogP contribution in [0.5, 0.6) is 0 Å². The maximum atomic E-state index is 10.5. The molecule has 4 aromatic carbocycles. The molecule has 1 aliphatic heterocycles. The third-order valence-electron chi connectivity index (χ3n) is 11.7. The highest BCUT2D eigenvalue weighted by atomic mass is 15.2. The molecule has 9 rings (SSSR count). The Balaban J connectivity index is 1.14. The van der Waals surface area contributed by atoms with Crippen LogP contribution in [-0.4, -0.2) is 10.6 Å². The van der Waals surface area contributed by atoms with Crippen LogP contribution < -0.4 is 4.90 Å². The van der Waals surface area contributed by atoms with E-state index in [1.54, 1.807) is 0 Å². The third-order valence-corrected chi connectivity index (χ3v) is 11.7. The fraction of sp³-hybridized carbons (Fsp3) is 0.289. The lowest BCUT2D eigenvalue weighted by Gasteiger charge is -2.33. The third kappa shape index (κ3) is 4.77. The number of benzene rings is 4. The van der Waals surface area contributed by atoms with Gasteiger partial charge in [0.25, 0.3) is 0 Å². The normalized spacial score (nSPS) is 21.4. The Morgan fingerprint density at radius 1 is 0.755 bits per heavy atom. The molecule has 4 nitrogen and oxygen atoms in total. The van der Waals surface area contributed by atoms with Gasteiger partial charge in [0.15, 0.2) is 0 Å². The van der Waals surface area contributed by atoms with Crippen LogP contribution in [0.2, 0.25) is 0 Å². The molecule has 0 spiro atoms. The number of rotatable bonds is 4. The van der Waals surface area contributed by atoms with E-state index in [1.165, 1.54) is 70.6 Å². The van der Waals surface area contributed by atoms with Crippen LogP contribution >= 0.6 is 0 Å². The molecule has 1 fully saturated rings. The van der Waals surface area contributed by atoms with Crippen LogP contribution in [0.3, 0.4) is 0 Å². The van der Waals surface area contributed by atoms with Crippen molar-refractivity contribution in [1.29, 1.82) is 10.5 Å². The minimum atomic E-state index is 0.544. The Hall–Kier alpha value is -5.32. The van der Waals surface area contributed by atoms with E-state index < -0.39 is 0 Å². The molecule has 49 heavy (non-hydrogen) atoms. The molecule has 3 unspecified atom stereocenters. The number of hydrogen-bond acceptors (Lipinski definition) is 3. The number of anilines is 2. The summed E-state index contributed by atoms with van der Waals surface area (Å²) in [7, 11) is 0. The molecule has 1 aromatic heterocycles. The molecule has 0 bridgehead atoms. The topological polar surface area (TPSA) is 55.8 Å². The highest BCUT2D eigenvalue weighted by molar-refractivity contribution is 6.01. The van der Waals surface area contributed by atoms with Gasteiger partial charge in [0.1, 0.15) is 6.07 Å². The van der Waals surface area contributed by atoms with Gasteiger partial charge in [-0.3, -0.25) is 0 Å². The van der Waals surface area contributed by atoms with Crippen LogP contribution in [0.1, 0.15) is 85.7 Å². The van der Waals surface area contributed by atoms with Crippen molar-refractivity contribution in [2.75, 3.05) is 4.90 Å². The highest BCUT2D eigenvalue weighted by Gasteiger charge is 2.40. The number of nitriles is 2. The number of aromatic nitrogens is 1. The number of hydrogen-bond donors (Lipinski definition) is 0. The van der Waals surface area contributed by atoms with E-state index in [1.807, 2.05) is 12.1 Å². The monoisotopic (exact) mass is 636 g/mol. The SMILES string of the molecule is CC1CCc2c(n(C3=C(c4cccc(-c5ccc(N6c7ccccc7C7CCCCC76)cc5)c4)CCC=C3C#N)c3cccc(C#N)c23)C1. The summed E-state index contributed by atoms with van der Waals surface area (Å²) in [6.07, 6.45) is 12.0. The number of allylic oxidation sites excluding steroid dienone is 4. The van der Waals surface area contributed by atoms with Crippen molar-refractivity contribution in [3.8, 4) is 23.3 Å². The number of para-hydroxylation sites is 1. The summed E-state index contributed by atoms with van der Waals surface area (Å²) in [6.45, 7) is 2.32. The molecule has 0 N–H and O–H groups in total. The van der Waals surface area contributed by atoms with Gasteiger partial charge in [-0.25, -0.2) is 0 Å². The molecule has 3 atom stereocenters. The predicted molar refractivity (Wildman–Crippen MR) is 199 cm³/mol. The molecule has 4 aliphatic rings. The quantitative estimate of drug-likeness (QED) is 0.197. The Kier molecular flexibility index (Phi) is 7.28. The fourth-order valence-corrected chi connectivity index (χ4v) is 9.51. The number of nitrogens with zero attached hydrogens (tertiary/aromatic N) is 4. The van der Waals surface area contributed by atoms with Gasteiger partial charge in [-0.1, -0.05) is 80.4 Å². The van der Waals surface area contributed by atoms with Crippen molar-refractivity contribution in [2.45, 2.75) is 76.7 Å². The smallest absolute Gasteiger partial charge is 0.101 e. The molecular weight excluding hydrogens is 597 g/mol. The van der Waals surface area contributed by atoms with E-state index in [4.69, 9.17) is 0 Å². The molecule has 240 valence electrons. The minimum absolute atomic E-state index is 0.544. The fourth-order valence-electron chi connectivity index (χ4n) is 9.51. The van der Waals surface area contributed by atoms with Crippen molar-refractivity contribution in [1.82, 2.24) is 4.57 Å². The molecule has 1 saturated carbocycles. The van der Waals surface area contributed by atoms with Crippen molar-refractivity contribution in [3.63, 3.8) is 0 Å². The van der Waals surface area contributed by atoms with Gasteiger partial charge in [-0.2, -0.15) is 10.5 Å². The first-order valence-electron chi connectivity index (χ1n) is 18.1. The Bertz CT molecular complexity index is 2270. The number of aryl methyl sites for hydroxylation is 1. The molecule has 0 saturated heterocycles. The van der Waals surface area contributed by atoms with Crippen molar-refractivity contribution < 1.29 is 0 Å². The first-order chi connectivity index (χ1) is 24.1. The zero-order valence-electron chi connectivity index (χ0n) is 28.1. The van der Waals surface area contributed by atoms with E-state index in [2.05, 4.69) is 113 Å². The first-order valence-corrected chi connectivity index (χ1v) is 18.1. The summed E-state index contributed by atoms with van der Waals surface area (Å²) in [4.78, 5) is 2.61. The molecule has 4 heteroatoms. The van der Waals surface area contributed by atoms with Crippen LogP contribution in [0.25, 0.3) is 33.3 Å². The summed E-state index contributed by atoms with van der Waals surface area (Å²) in [5.41, 5.74) is 15.0. The van der Waals surface area contributed by atoms with Crippen molar-refractivity contribution >= 4 is 33.5 Å². The molecule has 0 amide bonds. The van der Waals surface area contributed by atoms with Crippen LogP contribution in [0.15, 0.2) is 103 Å². The van der Waals surface area contributed by atoms with Crippen LogP contribution in [0.4, 0.5) is 11.4 Å². The zero-order chi connectivity index (χ0) is 33.1. The van der Waals surface area contributed by atoms with Crippen LogP contribution in [0, 0.1) is 28.6 Å². The van der Waals surface area contributed by atoms with Gasteiger partial charge in [-0.15, -0.1) is 0 Å². The van der Waals surface area contributed by atoms with Gasteiger partial charge < -0.3 is 9.47 Å². The van der Waals surface area contributed by atoms with E-state index in [0.29, 0.717) is 17.9 Å². The number of fused-ring (bicyclic) bond motifs is 6. The van der Waals surface area contributed by atoms with Gasteiger partial charge in [0, 0.05) is 34.4 Å². The maximum absolute atomic E-state index is 10.5. The van der Waals surface area contributed by atoms with Gasteiger partial charge >= 0.3 is 0 Å². The zero-order valence-corrected chi connectivity index (χ0v) is 28.1. The van der Waals surface area contributed by atoms with Crippen molar-refractivity contribution in [2.24, 2.45) is 5.92 Å². The Morgan fingerprint density at radius 2 is 1.57 bits per heavy atom. The second-order valence-electron chi connectivity index (χ2n) is 14.5. The second-order valence-corrected chi connectivity index (χ2v) is 14.5. The standard InChI is InChI=1S/C45H40N4/c1-29-19-24-39-43(25-29)49(42-18-8-11-33(27-46)44(39)42)45-34(28-47)12-7-15-36(45)32-10-6-9-31(26-32)30-20-22-35(23-21-30)48-40-16-4-2-13-37(40)38-14-3-5-17-41(38)48/h2,4,6,8-13,16,18,20-23,26,29,38,41H,3,5,7,14-15,17,19,24-25H2,1H3. The van der Waals surface area contributed by atoms with E-state index in [0.717, 1.165) is 65.4 Å². The lowest BCUT2D eigenvalue weighted by molar-refractivity contribution is 0.402. The summed E-state index contributed by atoms with van der Waals surface area (Å²) in [6, 6.07) is 38.8. The summed E-state index contributed by atoms with van der Waals surface area (Å²) in [5.74, 6) is 1.18. The Labute approximate surface area is 289 Å².